The van der Waals surface area contributed by atoms with Gasteiger partial charge in [-0.25, -0.2) is 4.39 Å². The highest BCUT2D eigenvalue weighted by Gasteiger charge is 2.17. The molecule has 0 bridgehead atoms. The van der Waals surface area contributed by atoms with Crippen LogP contribution in [-0.2, 0) is 0 Å². The van der Waals surface area contributed by atoms with Gasteiger partial charge >= 0.3 is 0 Å². The fourth-order valence-corrected chi connectivity index (χ4v) is 2.55. The highest BCUT2D eigenvalue weighted by atomic mass is 19.1. The molecule has 134 valence electrons. The lowest BCUT2D eigenvalue weighted by Gasteiger charge is -2.16. The molecule has 0 saturated heterocycles. The van der Waals surface area contributed by atoms with E-state index in [1.165, 1.54) is 11.0 Å². The summed E-state index contributed by atoms with van der Waals surface area (Å²) in [5.41, 5.74) is 1.44. The Morgan fingerprint density at radius 3 is 2.69 bits per heavy atom. The summed E-state index contributed by atoms with van der Waals surface area (Å²) in [6, 6.07) is 17.2. The van der Waals surface area contributed by atoms with Crippen molar-refractivity contribution >= 4 is 5.91 Å². The van der Waals surface area contributed by atoms with E-state index < -0.39 is 0 Å². The van der Waals surface area contributed by atoms with E-state index in [0.717, 1.165) is 11.3 Å². The average Bonchev–Trinajstić information content (AvgIpc) is 3.11. The molecular formula is C21H20FNO3. The number of furan rings is 1. The van der Waals surface area contributed by atoms with Crippen LogP contribution in [0.3, 0.4) is 0 Å². The lowest BCUT2D eigenvalue weighted by atomic mass is 10.1. The highest BCUT2D eigenvalue weighted by molar-refractivity contribution is 5.92. The molecule has 0 spiro atoms. The number of nitrogens with zero attached hydrogens (tertiary/aromatic N) is 1. The maximum Gasteiger partial charge on any atom is 0.289 e. The standard InChI is InChI=1S/C21H20FNO3/c1-15-6-5-7-16(14-15)25-13-12-23(2)21(24)20-11-10-19(26-20)17-8-3-4-9-18(17)22/h3-11,14H,12-13H2,1-2H3. The molecule has 0 aliphatic carbocycles. The van der Waals surface area contributed by atoms with Crippen LogP contribution >= 0.6 is 0 Å². The van der Waals surface area contributed by atoms with E-state index >= 15 is 0 Å². The Labute approximate surface area is 151 Å². The Hall–Kier alpha value is -3.08. The lowest BCUT2D eigenvalue weighted by molar-refractivity contribution is 0.0743. The third kappa shape index (κ3) is 4.11. The van der Waals surface area contributed by atoms with Crippen molar-refractivity contribution in [3.05, 3.63) is 77.8 Å². The van der Waals surface area contributed by atoms with Crippen LogP contribution in [0.25, 0.3) is 11.3 Å². The minimum absolute atomic E-state index is 0.168. The number of benzene rings is 2. The summed E-state index contributed by atoms with van der Waals surface area (Å²) in [6.45, 7) is 2.77. The van der Waals surface area contributed by atoms with Crippen LogP contribution < -0.4 is 4.74 Å². The highest BCUT2D eigenvalue weighted by Crippen LogP contribution is 2.25. The molecule has 1 aromatic heterocycles. The molecule has 4 nitrogen and oxygen atoms in total. The van der Waals surface area contributed by atoms with Gasteiger partial charge in [0.2, 0.25) is 0 Å². The van der Waals surface area contributed by atoms with Crippen molar-refractivity contribution in [3.63, 3.8) is 0 Å². The van der Waals surface area contributed by atoms with Crippen LogP contribution in [0.2, 0.25) is 0 Å². The van der Waals surface area contributed by atoms with Crippen LogP contribution in [0.15, 0.2) is 65.1 Å². The molecule has 0 atom stereocenters. The minimum Gasteiger partial charge on any atom is -0.492 e. The maximum atomic E-state index is 13.8. The third-order valence-electron chi connectivity index (χ3n) is 3.99. The molecule has 0 aliphatic rings. The fourth-order valence-electron chi connectivity index (χ4n) is 2.55. The molecule has 1 amide bonds. The average molecular weight is 353 g/mol. The van der Waals surface area contributed by atoms with Crippen molar-refractivity contribution < 1.29 is 18.3 Å². The quantitative estimate of drug-likeness (QED) is 0.653. The van der Waals surface area contributed by atoms with E-state index in [9.17, 15) is 9.18 Å². The minimum atomic E-state index is -0.388. The molecule has 3 rings (SSSR count). The number of halogens is 1. The maximum absolute atomic E-state index is 13.8. The van der Waals surface area contributed by atoms with Crippen LogP contribution in [0.4, 0.5) is 4.39 Å². The summed E-state index contributed by atoms with van der Waals surface area (Å²) in [4.78, 5) is 14.0. The Bertz CT molecular complexity index is 904. The summed E-state index contributed by atoms with van der Waals surface area (Å²) in [7, 11) is 1.67. The van der Waals surface area contributed by atoms with E-state index in [0.29, 0.717) is 24.5 Å². The molecule has 0 fully saturated rings. The van der Waals surface area contributed by atoms with Gasteiger partial charge in [-0.2, -0.15) is 0 Å². The van der Waals surface area contributed by atoms with E-state index in [1.807, 2.05) is 31.2 Å². The van der Waals surface area contributed by atoms with Gasteiger partial charge in [0, 0.05) is 7.05 Å². The van der Waals surface area contributed by atoms with Gasteiger partial charge in [-0.1, -0.05) is 24.3 Å². The lowest BCUT2D eigenvalue weighted by Crippen LogP contribution is -2.30. The second-order valence-corrected chi connectivity index (χ2v) is 6.04. The summed E-state index contributed by atoms with van der Waals surface area (Å²) in [5, 5.41) is 0. The molecule has 5 heteroatoms. The van der Waals surface area contributed by atoms with E-state index in [-0.39, 0.29) is 17.5 Å². The summed E-state index contributed by atoms with van der Waals surface area (Å²) in [5.74, 6) is 0.601. The smallest absolute Gasteiger partial charge is 0.289 e. The van der Waals surface area contributed by atoms with Crippen molar-refractivity contribution in [1.82, 2.24) is 4.90 Å². The Morgan fingerprint density at radius 2 is 1.92 bits per heavy atom. The zero-order chi connectivity index (χ0) is 18.5. The third-order valence-corrected chi connectivity index (χ3v) is 3.99. The first-order valence-corrected chi connectivity index (χ1v) is 8.34. The first-order chi connectivity index (χ1) is 12.5. The Morgan fingerprint density at radius 1 is 1.12 bits per heavy atom. The summed E-state index contributed by atoms with van der Waals surface area (Å²) in [6.07, 6.45) is 0. The van der Waals surface area contributed by atoms with Gasteiger partial charge < -0.3 is 14.1 Å². The van der Waals surface area contributed by atoms with Crippen LogP contribution in [0.1, 0.15) is 16.1 Å². The van der Waals surface area contributed by atoms with Gasteiger partial charge in [-0.15, -0.1) is 0 Å². The molecule has 2 aromatic carbocycles. The number of aryl methyl sites for hydroxylation is 1. The predicted molar refractivity (Wildman–Crippen MR) is 97.7 cm³/mol. The largest absolute Gasteiger partial charge is 0.492 e. The van der Waals surface area contributed by atoms with Crippen LogP contribution in [0.5, 0.6) is 5.75 Å². The first-order valence-electron chi connectivity index (χ1n) is 8.34. The van der Waals surface area contributed by atoms with Crippen molar-refractivity contribution in [2.24, 2.45) is 0 Å². The second-order valence-electron chi connectivity index (χ2n) is 6.04. The van der Waals surface area contributed by atoms with Gasteiger partial charge in [0.1, 0.15) is 23.9 Å². The molecule has 0 radical (unpaired) electrons. The predicted octanol–water partition coefficient (Wildman–Crippen LogP) is 4.55. The normalized spacial score (nSPS) is 10.6. The van der Waals surface area contributed by atoms with E-state index in [2.05, 4.69) is 0 Å². The number of hydrogen-bond donors (Lipinski definition) is 0. The number of hydrogen-bond acceptors (Lipinski definition) is 3. The summed E-state index contributed by atoms with van der Waals surface area (Å²) < 4.78 is 25.0. The molecule has 0 aliphatic heterocycles. The fraction of sp³-hybridized carbons (Fsp3) is 0.190. The monoisotopic (exact) mass is 353 g/mol. The molecular weight excluding hydrogens is 333 g/mol. The van der Waals surface area contributed by atoms with Gasteiger partial charge in [-0.3, -0.25) is 4.79 Å². The van der Waals surface area contributed by atoms with Crippen LogP contribution in [0, 0.1) is 12.7 Å². The zero-order valence-corrected chi connectivity index (χ0v) is 14.7. The number of ether oxygens (including phenoxy) is 1. The van der Waals surface area contributed by atoms with Gasteiger partial charge in [0.25, 0.3) is 5.91 Å². The molecule has 1 heterocycles. The molecule has 26 heavy (non-hydrogen) atoms. The number of amides is 1. The van der Waals surface area contributed by atoms with Crippen LogP contribution in [-0.4, -0.2) is 31.0 Å². The molecule has 0 N–H and O–H groups in total. The molecule has 0 unspecified atom stereocenters. The van der Waals surface area contributed by atoms with Crippen molar-refractivity contribution in [2.75, 3.05) is 20.2 Å². The second kappa shape index (κ2) is 7.87. The van der Waals surface area contributed by atoms with Gasteiger partial charge in [-0.05, 0) is 48.9 Å². The first kappa shape index (κ1) is 17.7. The Kier molecular flexibility index (Phi) is 5.37. The summed E-state index contributed by atoms with van der Waals surface area (Å²) >= 11 is 0. The molecule has 3 aromatic rings. The Balaban J connectivity index is 1.59. The van der Waals surface area contributed by atoms with Crippen molar-refractivity contribution in [2.45, 2.75) is 6.92 Å². The van der Waals surface area contributed by atoms with Gasteiger partial charge in [0.15, 0.2) is 5.76 Å². The number of rotatable bonds is 6. The number of carbonyl (C=O) groups excluding carboxylic acids is 1. The van der Waals surface area contributed by atoms with Gasteiger partial charge in [0.05, 0.1) is 12.1 Å². The van der Waals surface area contributed by atoms with Crippen molar-refractivity contribution in [3.8, 4) is 17.1 Å². The number of carbonyl (C=O) groups is 1. The SMILES string of the molecule is Cc1cccc(OCCN(C)C(=O)c2ccc(-c3ccccc3F)o2)c1. The van der Waals surface area contributed by atoms with E-state index in [1.54, 1.807) is 37.4 Å². The topological polar surface area (TPSA) is 42.7 Å². The van der Waals surface area contributed by atoms with E-state index in [4.69, 9.17) is 9.15 Å². The van der Waals surface area contributed by atoms with Crippen molar-refractivity contribution in [1.29, 1.82) is 0 Å². The zero-order valence-electron chi connectivity index (χ0n) is 14.7. The number of likely N-dealkylation sites (N-methyl/N-ethyl adjacent to an activating group) is 1. The molecule has 0 saturated carbocycles.